The molecule has 180 valence electrons. The fourth-order valence-electron chi connectivity index (χ4n) is 4.25. The van der Waals surface area contributed by atoms with Crippen molar-refractivity contribution in [3.63, 3.8) is 0 Å². The first-order valence-corrected chi connectivity index (χ1v) is 12.9. The van der Waals surface area contributed by atoms with E-state index in [1.165, 1.54) is 29.6 Å². The number of halogens is 1. The molecule has 33 heavy (non-hydrogen) atoms. The monoisotopic (exact) mass is 494 g/mol. The molecule has 1 aliphatic carbocycles. The number of benzene rings is 2. The summed E-state index contributed by atoms with van der Waals surface area (Å²) in [5.74, 6) is 0.681. The van der Waals surface area contributed by atoms with E-state index in [-0.39, 0.29) is 34.5 Å². The van der Waals surface area contributed by atoms with Gasteiger partial charge in [-0.15, -0.1) is 0 Å². The number of rotatable bonds is 9. The molecule has 1 unspecified atom stereocenters. The van der Waals surface area contributed by atoms with Crippen LogP contribution < -0.4 is 14.8 Å². The maximum Gasteiger partial charge on any atom is 0.243 e. The Morgan fingerprint density at radius 1 is 1.09 bits per heavy atom. The van der Waals surface area contributed by atoms with Crippen LogP contribution in [0, 0.1) is 0 Å². The quantitative estimate of drug-likeness (QED) is 0.552. The molecule has 0 saturated heterocycles. The number of sulfonamides is 1. The average Bonchev–Trinajstić information content (AvgIpc) is 2.82. The highest BCUT2D eigenvalue weighted by atomic mass is 35.5. The van der Waals surface area contributed by atoms with Crippen LogP contribution in [-0.4, -0.2) is 45.4 Å². The number of carbonyl (C=O) groups excluding carboxylic acids is 1. The van der Waals surface area contributed by atoms with Gasteiger partial charge in [0.05, 0.1) is 36.7 Å². The molecule has 7 nitrogen and oxygen atoms in total. The average molecular weight is 495 g/mol. The molecule has 0 aliphatic heterocycles. The molecule has 2 aromatic carbocycles. The molecule has 0 aromatic heterocycles. The van der Waals surface area contributed by atoms with E-state index in [1.54, 1.807) is 7.11 Å². The van der Waals surface area contributed by atoms with Gasteiger partial charge in [0.2, 0.25) is 15.9 Å². The number of carbonyl (C=O) groups is 1. The minimum absolute atomic E-state index is 0.0458. The predicted octanol–water partition coefficient (Wildman–Crippen LogP) is 4.56. The zero-order valence-electron chi connectivity index (χ0n) is 19.2. The Bertz CT molecular complexity index is 1070. The molecule has 9 heteroatoms. The van der Waals surface area contributed by atoms with Crippen molar-refractivity contribution in [2.75, 3.05) is 20.8 Å². The van der Waals surface area contributed by atoms with Gasteiger partial charge in [0.1, 0.15) is 11.5 Å². The number of ether oxygens (including phenoxy) is 2. The smallest absolute Gasteiger partial charge is 0.243 e. The number of para-hydroxylation sites is 1. The summed E-state index contributed by atoms with van der Waals surface area (Å²) < 4.78 is 39.1. The van der Waals surface area contributed by atoms with Crippen LogP contribution in [0.2, 0.25) is 5.02 Å². The van der Waals surface area contributed by atoms with E-state index in [9.17, 15) is 13.2 Å². The van der Waals surface area contributed by atoms with Gasteiger partial charge < -0.3 is 14.8 Å². The summed E-state index contributed by atoms with van der Waals surface area (Å²) in [6.45, 7) is 1.58. The van der Waals surface area contributed by atoms with Gasteiger partial charge in [-0.2, -0.15) is 4.31 Å². The number of amides is 1. The van der Waals surface area contributed by atoms with E-state index >= 15 is 0 Å². The van der Waals surface area contributed by atoms with Crippen LogP contribution in [0.5, 0.6) is 11.5 Å². The molecular weight excluding hydrogens is 464 g/mol. The number of nitrogens with one attached hydrogen (secondary N) is 1. The molecule has 2 aromatic rings. The molecule has 1 atom stereocenters. The second kappa shape index (κ2) is 11.2. The molecular formula is C24H31ClN2O5S. The molecule has 0 radical (unpaired) electrons. The predicted molar refractivity (Wildman–Crippen MR) is 128 cm³/mol. The van der Waals surface area contributed by atoms with E-state index < -0.39 is 10.0 Å². The third kappa shape index (κ3) is 5.99. The number of hydrogen-bond donors (Lipinski definition) is 1. The van der Waals surface area contributed by atoms with Gasteiger partial charge in [0.25, 0.3) is 0 Å². The van der Waals surface area contributed by atoms with Gasteiger partial charge in [-0.1, -0.05) is 49.1 Å². The molecule has 1 N–H and O–H groups in total. The summed E-state index contributed by atoms with van der Waals surface area (Å²) in [5, 5.41) is 3.13. The van der Waals surface area contributed by atoms with Crippen LogP contribution in [0.3, 0.4) is 0 Å². The van der Waals surface area contributed by atoms with E-state index in [2.05, 4.69) is 5.32 Å². The normalized spacial score (nSPS) is 15.8. The first-order valence-electron chi connectivity index (χ1n) is 11.1. The van der Waals surface area contributed by atoms with Gasteiger partial charge >= 0.3 is 0 Å². The summed E-state index contributed by atoms with van der Waals surface area (Å²) in [6, 6.07) is 11.2. The van der Waals surface area contributed by atoms with Crippen LogP contribution in [0.4, 0.5) is 0 Å². The van der Waals surface area contributed by atoms with E-state index in [0.29, 0.717) is 11.5 Å². The van der Waals surface area contributed by atoms with Crippen molar-refractivity contribution in [1.29, 1.82) is 0 Å². The summed E-state index contributed by atoms with van der Waals surface area (Å²) in [5.41, 5.74) is 0.822. The fourth-order valence-corrected chi connectivity index (χ4v) is 6.24. The first-order chi connectivity index (χ1) is 15.8. The fraction of sp³-hybridized carbons (Fsp3) is 0.458. The lowest BCUT2D eigenvalue weighted by molar-refractivity contribution is -0.122. The minimum atomic E-state index is -3.95. The lowest BCUT2D eigenvalue weighted by Crippen LogP contribution is -2.47. The van der Waals surface area contributed by atoms with Gasteiger partial charge in [-0.3, -0.25) is 4.79 Å². The molecule has 3 rings (SSSR count). The maximum absolute atomic E-state index is 13.6. The van der Waals surface area contributed by atoms with Gasteiger partial charge in [0.15, 0.2) is 0 Å². The van der Waals surface area contributed by atoms with E-state index in [0.717, 1.165) is 37.7 Å². The van der Waals surface area contributed by atoms with Gasteiger partial charge in [0, 0.05) is 11.6 Å². The molecule has 1 amide bonds. The topological polar surface area (TPSA) is 84.9 Å². The molecule has 1 saturated carbocycles. The maximum atomic E-state index is 13.6. The van der Waals surface area contributed by atoms with Gasteiger partial charge in [-0.05, 0) is 44.0 Å². The lowest BCUT2D eigenvalue weighted by atomic mass is 9.95. The Morgan fingerprint density at radius 2 is 1.76 bits per heavy atom. The Hall–Kier alpha value is -2.29. The molecule has 0 heterocycles. The molecule has 1 aliphatic rings. The third-order valence-corrected chi connectivity index (χ3v) is 8.18. The molecule has 1 fully saturated rings. The van der Waals surface area contributed by atoms with Crippen molar-refractivity contribution in [1.82, 2.24) is 9.62 Å². The summed E-state index contributed by atoms with van der Waals surface area (Å²) >= 11 is 6.20. The lowest BCUT2D eigenvalue weighted by Gasteiger charge is -2.33. The first kappa shape index (κ1) is 25.3. The third-order valence-electron chi connectivity index (χ3n) is 5.99. The van der Waals surface area contributed by atoms with Crippen molar-refractivity contribution in [2.45, 2.75) is 56.0 Å². The van der Waals surface area contributed by atoms with Crippen molar-refractivity contribution < 1.29 is 22.7 Å². The number of methoxy groups -OCH3 is 2. The second-order valence-corrected chi connectivity index (χ2v) is 10.5. The van der Waals surface area contributed by atoms with E-state index in [4.69, 9.17) is 21.1 Å². The largest absolute Gasteiger partial charge is 0.496 e. The Balaban J connectivity index is 1.85. The molecule has 0 bridgehead atoms. The number of nitrogens with zero attached hydrogens (tertiary/aromatic N) is 1. The number of hydrogen-bond acceptors (Lipinski definition) is 5. The van der Waals surface area contributed by atoms with Crippen molar-refractivity contribution >= 4 is 27.5 Å². The van der Waals surface area contributed by atoms with E-state index in [1.807, 2.05) is 31.2 Å². The van der Waals surface area contributed by atoms with Crippen molar-refractivity contribution in [2.24, 2.45) is 0 Å². The highest BCUT2D eigenvalue weighted by molar-refractivity contribution is 7.89. The highest BCUT2D eigenvalue weighted by Gasteiger charge is 2.34. The SMILES string of the molecule is COc1ccc(S(=O)(=O)N(CC(=O)NC(C)c2ccccc2OC)C2CCCCC2)cc1Cl. The second-order valence-electron chi connectivity index (χ2n) is 8.17. The summed E-state index contributed by atoms with van der Waals surface area (Å²) in [7, 11) is -0.905. The Kier molecular flexibility index (Phi) is 8.62. The summed E-state index contributed by atoms with van der Waals surface area (Å²) in [6.07, 6.45) is 4.37. The molecule has 0 spiro atoms. The zero-order valence-corrected chi connectivity index (χ0v) is 20.8. The summed E-state index contributed by atoms with van der Waals surface area (Å²) in [4.78, 5) is 13.1. The highest BCUT2D eigenvalue weighted by Crippen LogP contribution is 2.32. The van der Waals surface area contributed by atoms with Crippen LogP contribution in [0.1, 0.15) is 50.6 Å². The van der Waals surface area contributed by atoms with Crippen LogP contribution in [-0.2, 0) is 14.8 Å². The van der Waals surface area contributed by atoms with Crippen LogP contribution >= 0.6 is 11.6 Å². The van der Waals surface area contributed by atoms with Crippen LogP contribution in [0.25, 0.3) is 0 Å². The zero-order chi connectivity index (χ0) is 24.0. The van der Waals surface area contributed by atoms with Gasteiger partial charge in [-0.25, -0.2) is 8.42 Å². The standard InChI is InChI=1S/C24H31ClN2O5S/c1-17(20-11-7-8-12-22(20)31-2)26-24(28)16-27(18-9-5-4-6-10-18)33(29,30)19-13-14-23(32-3)21(25)15-19/h7-8,11-15,17-18H,4-6,9-10,16H2,1-3H3,(H,26,28). The Labute approximate surface area is 201 Å². The van der Waals surface area contributed by atoms with Crippen molar-refractivity contribution in [3.8, 4) is 11.5 Å². The minimum Gasteiger partial charge on any atom is -0.496 e. The van der Waals surface area contributed by atoms with Crippen LogP contribution in [0.15, 0.2) is 47.4 Å². The van der Waals surface area contributed by atoms with Crippen molar-refractivity contribution in [3.05, 3.63) is 53.1 Å². The Morgan fingerprint density at radius 3 is 2.39 bits per heavy atom.